The fraction of sp³-hybridized carbons (Fsp3) is 0.333. The lowest BCUT2D eigenvalue weighted by molar-refractivity contribution is 0.500. The van der Waals surface area contributed by atoms with Gasteiger partial charge in [-0.1, -0.05) is 12.1 Å². The Morgan fingerprint density at radius 2 is 2.11 bits per heavy atom. The molecule has 0 unspecified atom stereocenters. The van der Waals surface area contributed by atoms with Gasteiger partial charge >= 0.3 is 0 Å². The monoisotopic (exact) mass is 262 g/mol. The van der Waals surface area contributed by atoms with E-state index in [9.17, 15) is 4.39 Å². The lowest BCUT2D eigenvalue weighted by atomic mass is 10.1. The molecule has 0 fully saturated rings. The molecule has 0 amide bonds. The third-order valence-electron chi connectivity index (χ3n) is 3.13. The Bertz CT molecular complexity index is 523. The van der Waals surface area contributed by atoms with Crippen molar-refractivity contribution in [2.75, 3.05) is 11.4 Å². The van der Waals surface area contributed by atoms with E-state index < -0.39 is 0 Å². The summed E-state index contributed by atoms with van der Waals surface area (Å²) in [4.78, 5) is 1.94. The van der Waals surface area contributed by atoms with E-state index in [0.29, 0.717) is 18.8 Å². The largest absolute Gasteiger partial charge is 0.467 e. The van der Waals surface area contributed by atoms with Gasteiger partial charge in [-0.25, -0.2) is 4.39 Å². The van der Waals surface area contributed by atoms with Crippen molar-refractivity contribution in [3.05, 3.63) is 53.7 Å². The second kappa shape index (κ2) is 5.89. The van der Waals surface area contributed by atoms with Crippen LogP contribution < -0.4 is 10.6 Å². The van der Waals surface area contributed by atoms with Gasteiger partial charge in [0.15, 0.2) is 0 Å². The molecule has 0 aliphatic rings. The minimum absolute atomic E-state index is 0.212. The number of rotatable bonds is 5. The van der Waals surface area contributed by atoms with E-state index in [-0.39, 0.29) is 11.9 Å². The van der Waals surface area contributed by atoms with Crippen LogP contribution in [0.3, 0.4) is 0 Å². The molecule has 4 heteroatoms. The molecule has 2 rings (SSSR count). The number of furan rings is 1. The number of benzene rings is 1. The first-order chi connectivity index (χ1) is 9.13. The van der Waals surface area contributed by atoms with E-state index in [1.807, 2.05) is 36.9 Å². The molecule has 3 nitrogen and oxygen atoms in total. The van der Waals surface area contributed by atoms with Crippen LogP contribution >= 0.6 is 0 Å². The average molecular weight is 262 g/mol. The molecule has 0 aliphatic carbocycles. The highest BCUT2D eigenvalue weighted by molar-refractivity contribution is 5.56. The van der Waals surface area contributed by atoms with Gasteiger partial charge in [0.1, 0.15) is 11.6 Å². The maximum atomic E-state index is 14.1. The van der Waals surface area contributed by atoms with Gasteiger partial charge in [0, 0.05) is 12.6 Å². The summed E-state index contributed by atoms with van der Waals surface area (Å²) in [6.07, 6.45) is 1.62. The van der Waals surface area contributed by atoms with Gasteiger partial charge in [0.05, 0.1) is 18.5 Å². The third kappa shape index (κ3) is 2.96. The highest BCUT2D eigenvalue weighted by Crippen LogP contribution is 2.29. The van der Waals surface area contributed by atoms with Gasteiger partial charge in [-0.15, -0.1) is 0 Å². The van der Waals surface area contributed by atoms with Crippen LogP contribution in [0.25, 0.3) is 0 Å². The molecular formula is C15H19FN2O. The molecule has 1 aromatic carbocycles. The maximum Gasteiger partial charge on any atom is 0.146 e. The van der Waals surface area contributed by atoms with E-state index in [1.54, 1.807) is 12.3 Å². The van der Waals surface area contributed by atoms with Crippen molar-refractivity contribution in [3.63, 3.8) is 0 Å². The molecular weight excluding hydrogens is 243 g/mol. The third-order valence-corrected chi connectivity index (χ3v) is 3.13. The van der Waals surface area contributed by atoms with Crippen molar-refractivity contribution in [3.8, 4) is 0 Å². The van der Waals surface area contributed by atoms with Crippen LogP contribution in [-0.2, 0) is 6.54 Å². The molecule has 1 aromatic heterocycles. The zero-order chi connectivity index (χ0) is 13.8. The van der Waals surface area contributed by atoms with Crippen molar-refractivity contribution in [1.29, 1.82) is 0 Å². The molecule has 1 atom stereocenters. The zero-order valence-electron chi connectivity index (χ0n) is 11.3. The van der Waals surface area contributed by atoms with Crippen LogP contribution in [0.15, 0.2) is 41.0 Å². The molecule has 2 aromatic rings. The summed E-state index contributed by atoms with van der Waals surface area (Å²) in [5, 5.41) is 0. The number of anilines is 1. The van der Waals surface area contributed by atoms with Gasteiger partial charge in [-0.2, -0.15) is 0 Å². The van der Waals surface area contributed by atoms with Gasteiger partial charge < -0.3 is 15.1 Å². The first kappa shape index (κ1) is 13.6. The van der Waals surface area contributed by atoms with E-state index in [1.165, 1.54) is 6.07 Å². The fourth-order valence-electron chi connectivity index (χ4n) is 2.17. The summed E-state index contributed by atoms with van der Waals surface area (Å²) < 4.78 is 19.5. The lowest BCUT2D eigenvalue weighted by Gasteiger charge is -2.26. The first-order valence-electron chi connectivity index (χ1n) is 6.44. The second-order valence-corrected chi connectivity index (χ2v) is 4.56. The Morgan fingerprint density at radius 3 is 2.68 bits per heavy atom. The number of para-hydroxylation sites is 1. The molecule has 0 saturated carbocycles. The standard InChI is InChI=1S/C15H19FN2O/c1-3-18(10-12-6-5-9-19-12)15-13(11(2)17)7-4-8-14(15)16/h4-9,11H,3,10,17H2,1-2H3/t11-/m1/s1. The highest BCUT2D eigenvalue weighted by Gasteiger charge is 2.18. The van der Waals surface area contributed by atoms with Crippen molar-refractivity contribution >= 4 is 5.69 Å². The smallest absolute Gasteiger partial charge is 0.146 e. The summed E-state index contributed by atoms with van der Waals surface area (Å²) in [5.74, 6) is 0.559. The Hall–Kier alpha value is -1.81. The first-order valence-corrected chi connectivity index (χ1v) is 6.44. The van der Waals surface area contributed by atoms with E-state index >= 15 is 0 Å². The van der Waals surface area contributed by atoms with E-state index in [4.69, 9.17) is 10.2 Å². The van der Waals surface area contributed by atoms with Crippen LogP contribution in [0.2, 0.25) is 0 Å². The number of nitrogens with zero attached hydrogens (tertiary/aromatic N) is 1. The molecule has 0 saturated heterocycles. The summed E-state index contributed by atoms with van der Waals surface area (Å²) in [6.45, 7) is 5.06. The predicted octanol–water partition coefficient (Wildman–Crippen LogP) is 3.46. The molecule has 0 spiro atoms. The highest BCUT2D eigenvalue weighted by atomic mass is 19.1. The maximum absolute atomic E-state index is 14.1. The Kier molecular flexibility index (Phi) is 4.22. The van der Waals surface area contributed by atoms with Gasteiger partial charge in [-0.05, 0) is 37.6 Å². The number of hydrogen-bond acceptors (Lipinski definition) is 3. The molecule has 19 heavy (non-hydrogen) atoms. The number of nitrogens with two attached hydrogens (primary N) is 1. The molecule has 102 valence electrons. The molecule has 0 bridgehead atoms. The fourth-order valence-corrected chi connectivity index (χ4v) is 2.17. The molecule has 0 aliphatic heterocycles. The SMILES string of the molecule is CCN(Cc1ccco1)c1c(F)cccc1[C@@H](C)N. The van der Waals surface area contributed by atoms with Gasteiger partial charge in [0.25, 0.3) is 0 Å². The van der Waals surface area contributed by atoms with Gasteiger partial charge in [0.2, 0.25) is 0 Å². The number of halogens is 1. The summed E-state index contributed by atoms with van der Waals surface area (Å²) in [5.41, 5.74) is 7.31. The summed E-state index contributed by atoms with van der Waals surface area (Å²) in [7, 11) is 0. The van der Waals surface area contributed by atoms with Gasteiger partial charge in [-0.3, -0.25) is 0 Å². The quantitative estimate of drug-likeness (QED) is 0.897. The Morgan fingerprint density at radius 1 is 1.32 bits per heavy atom. The Labute approximate surface area is 112 Å². The van der Waals surface area contributed by atoms with Crippen molar-refractivity contribution in [1.82, 2.24) is 0 Å². The minimum atomic E-state index is -0.247. The number of hydrogen-bond donors (Lipinski definition) is 1. The van der Waals surface area contributed by atoms with E-state index in [0.717, 1.165) is 11.3 Å². The lowest BCUT2D eigenvalue weighted by Crippen LogP contribution is -2.25. The second-order valence-electron chi connectivity index (χ2n) is 4.56. The Balaban J connectivity index is 2.37. The average Bonchev–Trinajstić information content (AvgIpc) is 2.89. The predicted molar refractivity (Wildman–Crippen MR) is 74.4 cm³/mol. The van der Waals surface area contributed by atoms with Crippen molar-refractivity contribution in [2.24, 2.45) is 5.73 Å². The van der Waals surface area contributed by atoms with Crippen molar-refractivity contribution < 1.29 is 8.81 Å². The molecule has 0 radical (unpaired) electrons. The van der Waals surface area contributed by atoms with E-state index in [2.05, 4.69) is 0 Å². The summed E-state index contributed by atoms with van der Waals surface area (Å²) in [6, 6.07) is 8.53. The van der Waals surface area contributed by atoms with Crippen LogP contribution in [0, 0.1) is 5.82 Å². The summed E-state index contributed by atoms with van der Waals surface area (Å²) >= 11 is 0. The zero-order valence-corrected chi connectivity index (χ0v) is 11.3. The minimum Gasteiger partial charge on any atom is -0.467 e. The molecule has 2 N–H and O–H groups in total. The topological polar surface area (TPSA) is 42.4 Å². The van der Waals surface area contributed by atoms with Crippen LogP contribution in [-0.4, -0.2) is 6.54 Å². The van der Waals surface area contributed by atoms with Crippen molar-refractivity contribution in [2.45, 2.75) is 26.4 Å². The van der Waals surface area contributed by atoms with Crippen LogP contribution in [0.1, 0.15) is 31.2 Å². The normalized spacial score (nSPS) is 12.4. The van der Waals surface area contributed by atoms with Crippen LogP contribution in [0.5, 0.6) is 0 Å². The van der Waals surface area contributed by atoms with Crippen LogP contribution in [0.4, 0.5) is 10.1 Å². The molecule has 1 heterocycles.